The van der Waals surface area contributed by atoms with Gasteiger partial charge in [-0.25, -0.2) is 4.39 Å². The summed E-state index contributed by atoms with van der Waals surface area (Å²) >= 11 is 3.35. The zero-order valence-corrected chi connectivity index (χ0v) is 8.88. The number of nitrogens with one attached hydrogen (secondary N) is 1. The summed E-state index contributed by atoms with van der Waals surface area (Å²) in [6.07, 6.45) is -1.05. The van der Waals surface area contributed by atoms with Gasteiger partial charge in [-0.1, -0.05) is 15.9 Å². The van der Waals surface area contributed by atoms with Crippen LogP contribution in [0.15, 0.2) is 28.7 Å². The van der Waals surface area contributed by atoms with Crippen molar-refractivity contribution in [3.63, 3.8) is 0 Å². The van der Waals surface area contributed by atoms with Crippen molar-refractivity contribution in [1.29, 1.82) is 0 Å². The molecule has 0 aliphatic carbocycles. The highest BCUT2D eigenvalue weighted by Gasteiger charge is 2.09. The van der Waals surface area contributed by atoms with Crippen molar-refractivity contribution in [3.8, 4) is 0 Å². The van der Waals surface area contributed by atoms with E-state index in [4.69, 9.17) is 0 Å². The maximum absolute atomic E-state index is 12.2. The van der Waals surface area contributed by atoms with E-state index in [1.165, 1.54) is 0 Å². The first kappa shape index (κ1) is 9.68. The van der Waals surface area contributed by atoms with Crippen molar-refractivity contribution in [2.45, 2.75) is 6.10 Å². The lowest BCUT2D eigenvalue weighted by atomic mass is 10.2. The van der Waals surface area contributed by atoms with Crippen molar-refractivity contribution in [2.24, 2.45) is 0 Å². The number of aliphatic hydroxyl groups is 1. The molecule has 0 aliphatic rings. The zero-order valence-electron chi connectivity index (χ0n) is 7.30. The minimum absolute atomic E-state index is 0.514. The summed E-state index contributed by atoms with van der Waals surface area (Å²) in [5, 5.41) is 10.2. The van der Waals surface area contributed by atoms with Crippen molar-refractivity contribution in [1.82, 2.24) is 4.98 Å². The summed E-state index contributed by atoms with van der Waals surface area (Å²) < 4.78 is 13.2. The molecule has 1 aromatic heterocycles. The number of benzene rings is 1. The topological polar surface area (TPSA) is 36.0 Å². The molecule has 74 valence electrons. The van der Waals surface area contributed by atoms with Gasteiger partial charge >= 0.3 is 0 Å². The molecule has 1 atom stereocenters. The van der Waals surface area contributed by atoms with Crippen molar-refractivity contribution in [3.05, 3.63) is 34.4 Å². The van der Waals surface area contributed by atoms with Crippen LogP contribution in [0.25, 0.3) is 10.9 Å². The van der Waals surface area contributed by atoms with Gasteiger partial charge < -0.3 is 10.1 Å². The Hall–Kier alpha value is -0.870. The third-order valence-corrected chi connectivity index (χ3v) is 2.60. The molecule has 0 aliphatic heterocycles. The SMILES string of the molecule is OC(CF)c1cc2cc(Br)ccc2[nH]1. The second kappa shape index (κ2) is 3.71. The Bertz CT molecular complexity index is 454. The molecule has 2 nitrogen and oxygen atoms in total. The van der Waals surface area contributed by atoms with Crippen LogP contribution >= 0.6 is 15.9 Å². The number of aromatic nitrogens is 1. The Labute approximate surface area is 88.9 Å². The Balaban J connectivity index is 2.51. The number of aromatic amines is 1. The monoisotopic (exact) mass is 257 g/mol. The standard InChI is InChI=1S/C10H9BrFNO/c11-7-1-2-8-6(3-7)4-9(13-8)10(14)5-12/h1-4,10,13-14H,5H2. The Kier molecular flexibility index (Phi) is 2.56. The lowest BCUT2D eigenvalue weighted by molar-refractivity contribution is 0.138. The minimum Gasteiger partial charge on any atom is -0.384 e. The van der Waals surface area contributed by atoms with Gasteiger partial charge in [0.2, 0.25) is 0 Å². The third kappa shape index (κ3) is 1.67. The fraction of sp³-hybridized carbons (Fsp3) is 0.200. The summed E-state index contributed by atoms with van der Waals surface area (Å²) in [5.74, 6) is 0. The van der Waals surface area contributed by atoms with E-state index in [0.29, 0.717) is 5.69 Å². The van der Waals surface area contributed by atoms with Gasteiger partial charge in [0, 0.05) is 21.1 Å². The maximum atomic E-state index is 12.2. The van der Waals surface area contributed by atoms with Crippen LogP contribution in [0.4, 0.5) is 4.39 Å². The first-order valence-electron chi connectivity index (χ1n) is 4.23. The molecule has 0 saturated heterocycles. The van der Waals surface area contributed by atoms with Crippen LogP contribution in [-0.2, 0) is 0 Å². The molecule has 1 heterocycles. The number of hydrogen-bond donors (Lipinski definition) is 2. The van der Waals surface area contributed by atoms with Crippen LogP contribution < -0.4 is 0 Å². The molecular formula is C10H9BrFNO. The van der Waals surface area contributed by atoms with Gasteiger partial charge in [-0.3, -0.25) is 0 Å². The Morgan fingerprint density at radius 2 is 2.21 bits per heavy atom. The Morgan fingerprint density at radius 1 is 1.43 bits per heavy atom. The van der Waals surface area contributed by atoms with E-state index < -0.39 is 12.8 Å². The van der Waals surface area contributed by atoms with Crippen molar-refractivity contribution < 1.29 is 9.50 Å². The molecule has 0 saturated carbocycles. The minimum atomic E-state index is -1.05. The van der Waals surface area contributed by atoms with Crippen LogP contribution in [0.5, 0.6) is 0 Å². The van der Waals surface area contributed by atoms with Gasteiger partial charge in [-0.05, 0) is 24.3 Å². The largest absolute Gasteiger partial charge is 0.384 e. The molecular weight excluding hydrogens is 249 g/mol. The van der Waals surface area contributed by atoms with E-state index in [1.54, 1.807) is 6.07 Å². The molecule has 14 heavy (non-hydrogen) atoms. The summed E-state index contributed by atoms with van der Waals surface area (Å²) in [5.41, 5.74) is 1.41. The smallest absolute Gasteiger partial charge is 0.122 e. The molecule has 4 heteroatoms. The normalized spacial score (nSPS) is 13.4. The summed E-state index contributed by atoms with van der Waals surface area (Å²) in [7, 11) is 0. The van der Waals surface area contributed by atoms with E-state index >= 15 is 0 Å². The first-order chi connectivity index (χ1) is 6.70. The van der Waals surface area contributed by atoms with Crippen LogP contribution in [0.2, 0.25) is 0 Å². The average Bonchev–Trinajstić information content (AvgIpc) is 2.59. The second-order valence-electron chi connectivity index (χ2n) is 3.13. The molecule has 0 spiro atoms. The number of fused-ring (bicyclic) bond motifs is 1. The predicted molar refractivity (Wildman–Crippen MR) is 56.9 cm³/mol. The predicted octanol–water partition coefficient (Wildman–Crippen LogP) is 2.93. The molecule has 2 N–H and O–H groups in total. The zero-order chi connectivity index (χ0) is 10.1. The highest BCUT2D eigenvalue weighted by molar-refractivity contribution is 9.10. The Morgan fingerprint density at radius 3 is 2.93 bits per heavy atom. The maximum Gasteiger partial charge on any atom is 0.122 e. The van der Waals surface area contributed by atoms with E-state index in [1.807, 2.05) is 18.2 Å². The van der Waals surface area contributed by atoms with Gasteiger partial charge in [-0.2, -0.15) is 0 Å². The molecule has 0 bridgehead atoms. The summed E-state index contributed by atoms with van der Waals surface area (Å²) in [6.45, 7) is -0.770. The second-order valence-corrected chi connectivity index (χ2v) is 4.04. The van der Waals surface area contributed by atoms with Gasteiger partial charge in [0.05, 0.1) is 0 Å². The molecule has 1 aromatic carbocycles. The highest BCUT2D eigenvalue weighted by Crippen LogP contribution is 2.23. The van der Waals surface area contributed by atoms with Crippen LogP contribution in [0.3, 0.4) is 0 Å². The number of hydrogen-bond acceptors (Lipinski definition) is 1. The lowest BCUT2D eigenvalue weighted by Gasteiger charge is -2.00. The lowest BCUT2D eigenvalue weighted by Crippen LogP contribution is -1.98. The molecule has 2 rings (SSSR count). The van der Waals surface area contributed by atoms with Crippen molar-refractivity contribution in [2.75, 3.05) is 6.67 Å². The quantitative estimate of drug-likeness (QED) is 0.853. The van der Waals surface area contributed by atoms with Crippen LogP contribution in [0, 0.1) is 0 Å². The highest BCUT2D eigenvalue weighted by atomic mass is 79.9. The van der Waals surface area contributed by atoms with Gasteiger partial charge in [0.25, 0.3) is 0 Å². The molecule has 0 amide bonds. The van der Waals surface area contributed by atoms with E-state index in [9.17, 15) is 9.50 Å². The van der Waals surface area contributed by atoms with Gasteiger partial charge in [0.1, 0.15) is 12.8 Å². The number of rotatable bonds is 2. The molecule has 0 fully saturated rings. The fourth-order valence-corrected chi connectivity index (χ4v) is 1.77. The van der Waals surface area contributed by atoms with Crippen LogP contribution in [0.1, 0.15) is 11.8 Å². The third-order valence-electron chi connectivity index (χ3n) is 2.11. The molecule has 1 unspecified atom stereocenters. The summed E-state index contributed by atoms with van der Waals surface area (Å²) in [4.78, 5) is 2.96. The van der Waals surface area contributed by atoms with E-state index in [-0.39, 0.29) is 0 Å². The molecule has 2 aromatic rings. The summed E-state index contributed by atoms with van der Waals surface area (Å²) in [6, 6.07) is 7.45. The van der Waals surface area contributed by atoms with E-state index in [2.05, 4.69) is 20.9 Å². The number of halogens is 2. The molecule has 0 radical (unpaired) electrons. The van der Waals surface area contributed by atoms with Crippen LogP contribution in [-0.4, -0.2) is 16.8 Å². The number of aliphatic hydroxyl groups excluding tert-OH is 1. The average molecular weight is 258 g/mol. The number of H-pyrrole nitrogens is 1. The number of alkyl halides is 1. The van der Waals surface area contributed by atoms with E-state index in [0.717, 1.165) is 15.4 Å². The van der Waals surface area contributed by atoms with Gasteiger partial charge in [0.15, 0.2) is 0 Å². The first-order valence-corrected chi connectivity index (χ1v) is 5.02. The van der Waals surface area contributed by atoms with Gasteiger partial charge in [-0.15, -0.1) is 0 Å². The fourth-order valence-electron chi connectivity index (χ4n) is 1.39. The van der Waals surface area contributed by atoms with Crippen molar-refractivity contribution >= 4 is 26.8 Å².